The molecule has 1 amide bonds. The van der Waals surface area contributed by atoms with Crippen molar-refractivity contribution in [2.24, 2.45) is 0 Å². The number of thiophene rings is 1. The zero-order valence-corrected chi connectivity index (χ0v) is 15.1. The summed E-state index contributed by atoms with van der Waals surface area (Å²) < 4.78 is 29.1. The molecule has 0 aliphatic heterocycles. The molecule has 134 valence electrons. The van der Waals surface area contributed by atoms with Crippen molar-refractivity contribution in [1.29, 1.82) is 0 Å². The van der Waals surface area contributed by atoms with Gasteiger partial charge in [-0.05, 0) is 30.0 Å². The highest BCUT2D eigenvalue weighted by Gasteiger charge is 2.14. The van der Waals surface area contributed by atoms with E-state index in [2.05, 4.69) is 5.32 Å². The first-order valence-corrected chi connectivity index (χ1v) is 10.3. The van der Waals surface area contributed by atoms with Crippen LogP contribution in [0.3, 0.4) is 0 Å². The molecule has 0 aliphatic rings. The Hall–Kier alpha value is -2.19. The van der Waals surface area contributed by atoms with Crippen molar-refractivity contribution in [3.63, 3.8) is 0 Å². The minimum atomic E-state index is -3.36. The fraction of sp³-hybridized carbons (Fsp3) is 0.294. The highest BCUT2D eigenvalue weighted by Crippen LogP contribution is 2.11. The van der Waals surface area contributed by atoms with Crippen molar-refractivity contribution in [2.75, 3.05) is 18.9 Å². The third-order valence-electron chi connectivity index (χ3n) is 3.28. The number of ether oxygens (including phenoxy) is 1. The van der Waals surface area contributed by atoms with Gasteiger partial charge >= 0.3 is 5.97 Å². The second-order valence-electron chi connectivity index (χ2n) is 5.19. The number of carbonyl (C=O) groups is 2. The van der Waals surface area contributed by atoms with Crippen molar-refractivity contribution < 1.29 is 22.7 Å². The lowest BCUT2D eigenvalue weighted by Crippen LogP contribution is -2.26. The summed E-state index contributed by atoms with van der Waals surface area (Å²) in [6.45, 7) is 0.210. The van der Waals surface area contributed by atoms with E-state index in [0.717, 1.165) is 0 Å². The molecule has 25 heavy (non-hydrogen) atoms. The molecule has 0 saturated carbocycles. The van der Waals surface area contributed by atoms with Crippen LogP contribution in [0.1, 0.15) is 22.5 Å². The summed E-state index contributed by atoms with van der Waals surface area (Å²) in [6, 6.07) is 11.6. The van der Waals surface area contributed by atoms with Gasteiger partial charge in [0, 0.05) is 6.54 Å². The van der Waals surface area contributed by atoms with Gasteiger partial charge in [-0.15, -0.1) is 11.3 Å². The van der Waals surface area contributed by atoms with Gasteiger partial charge in [-0.3, -0.25) is 9.59 Å². The molecule has 0 atom stereocenters. The van der Waals surface area contributed by atoms with Gasteiger partial charge in [0.15, 0.2) is 9.84 Å². The minimum Gasteiger partial charge on any atom is -0.466 e. The van der Waals surface area contributed by atoms with Gasteiger partial charge in [0.2, 0.25) is 0 Å². The topological polar surface area (TPSA) is 89.5 Å². The summed E-state index contributed by atoms with van der Waals surface area (Å²) in [5, 5.41) is 4.43. The SMILES string of the molecule is O=C(CCNC(=O)c1cccs1)OCCCS(=O)(=O)c1ccccc1. The number of benzene rings is 1. The molecule has 1 aromatic carbocycles. The van der Waals surface area contributed by atoms with E-state index in [0.29, 0.717) is 4.88 Å². The fourth-order valence-corrected chi connectivity index (χ4v) is 3.97. The number of hydrogen-bond donors (Lipinski definition) is 1. The maximum Gasteiger partial charge on any atom is 0.307 e. The van der Waals surface area contributed by atoms with E-state index in [1.54, 1.807) is 35.7 Å². The van der Waals surface area contributed by atoms with E-state index in [1.165, 1.54) is 23.5 Å². The van der Waals surface area contributed by atoms with E-state index in [1.807, 2.05) is 0 Å². The van der Waals surface area contributed by atoms with E-state index in [4.69, 9.17) is 4.74 Å². The maximum absolute atomic E-state index is 12.0. The predicted molar refractivity (Wildman–Crippen MR) is 95.3 cm³/mol. The van der Waals surface area contributed by atoms with Crippen LogP contribution in [-0.2, 0) is 19.4 Å². The van der Waals surface area contributed by atoms with Gasteiger partial charge in [-0.25, -0.2) is 8.42 Å². The Bertz CT molecular complexity index is 786. The average Bonchev–Trinajstić information content (AvgIpc) is 3.14. The monoisotopic (exact) mass is 381 g/mol. The van der Waals surface area contributed by atoms with Crippen LogP contribution < -0.4 is 5.32 Å². The smallest absolute Gasteiger partial charge is 0.307 e. The van der Waals surface area contributed by atoms with Crippen LogP contribution in [0.4, 0.5) is 0 Å². The van der Waals surface area contributed by atoms with Crippen molar-refractivity contribution in [1.82, 2.24) is 5.32 Å². The van der Waals surface area contributed by atoms with Gasteiger partial charge in [0.05, 0.1) is 28.6 Å². The quantitative estimate of drug-likeness (QED) is 0.532. The first kappa shape index (κ1) is 19.1. The van der Waals surface area contributed by atoms with Gasteiger partial charge < -0.3 is 10.1 Å². The number of hydrogen-bond acceptors (Lipinski definition) is 6. The maximum atomic E-state index is 12.0. The second-order valence-corrected chi connectivity index (χ2v) is 8.25. The van der Waals surface area contributed by atoms with E-state index in [9.17, 15) is 18.0 Å². The molecule has 1 N–H and O–H groups in total. The van der Waals surface area contributed by atoms with Crippen LogP contribution in [-0.4, -0.2) is 39.2 Å². The Morgan fingerprint density at radius 3 is 2.52 bits per heavy atom. The molecular formula is C17H19NO5S2. The molecule has 0 radical (unpaired) electrons. The molecule has 2 aromatic rings. The standard InChI is InChI=1S/C17H19NO5S2/c19-16(9-10-18-17(20)15-8-4-12-24-15)23-11-5-13-25(21,22)14-6-2-1-3-7-14/h1-4,6-8,12H,5,9-11,13H2,(H,18,20). The summed E-state index contributed by atoms with van der Waals surface area (Å²) in [5.74, 6) is -0.778. The highest BCUT2D eigenvalue weighted by atomic mass is 32.2. The minimum absolute atomic E-state index is 0.0315. The lowest BCUT2D eigenvalue weighted by Gasteiger charge is -2.07. The number of esters is 1. The van der Waals surface area contributed by atoms with Crippen LogP contribution >= 0.6 is 11.3 Å². The molecule has 1 aromatic heterocycles. The highest BCUT2D eigenvalue weighted by molar-refractivity contribution is 7.91. The molecule has 0 aliphatic carbocycles. The molecule has 0 bridgehead atoms. The Morgan fingerprint density at radius 1 is 1.08 bits per heavy atom. The number of sulfone groups is 1. The van der Waals surface area contributed by atoms with Crippen molar-refractivity contribution in [3.8, 4) is 0 Å². The molecule has 0 saturated heterocycles. The molecule has 0 unspecified atom stereocenters. The van der Waals surface area contributed by atoms with Crippen LogP contribution in [0.5, 0.6) is 0 Å². The zero-order valence-electron chi connectivity index (χ0n) is 13.5. The average molecular weight is 381 g/mol. The van der Waals surface area contributed by atoms with Crippen molar-refractivity contribution >= 4 is 33.1 Å². The summed E-state index contributed by atoms with van der Waals surface area (Å²) in [5.41, 5.74) is 0. The molecule has 0 spiro atoms. The largest absolute Gasteiger partial charge is 0.466 e. The van der Waals surface area contributed by atoms with Crippen molar-refractivity contribution in [3.05, 3.63) is 52.7 Å². The molecule has 8 heteroatoms. The summed E-state index contributed by atoms with van der Waals surface area (Å²) in [7, 11) is -3.36. The van der Waals surface area contributed by atoms with Crippen LogP contribution in [0, 0.1) is 0 Å². The molecule has 2 rings (SSSR count). The summed E-state index contributed by atoms with van der Waals surface area (Å²) in [4.78, 5) is 24.1. The van der Waals surface area contributed by atoms with Crippen LogP contribution in [0.25, 0.3) is 0 Å². The number of nitrogens with one attached hydrogen (secondary N) is 1. The summed E-state index contributed by atoms with van der Waals surface area (Å²) in [6.07, 6.45) is 0.271. The number of amides is 1. The molecule has 6 nitrogen and oxygen atoms in total. The lowest BCUT2D eigenvalue weighted by atomic mass is 10.4. The number of rotatable bonds is 9. The predicted octanol–water partition coefficient (Wildman–Crippen LogP) is 2.28. The van der Waals surface area contributed by atoms with Crippen molar-refractivity contribution in [2.45, 2.75) is 17.7 Å². The second kappa shape index (κ2) is 9.33. The third-order valence-corrected chi connectivity index (χ3v) is 5.97. The first-order valence-electron chi connectivity index (χ1n) is 7.74. The van der Waals surface area contributed by atoms with Crippen LogP contribution in [0.2, 0.25) is 0 Å². The third kappa shape index (κ3) is 6.32. The van der Waals surface area contributed by atoms with Gasteiger partial charge in [-0.1, -0.05) is 24.3 Å². The normalized spacial score (nSPS) is 11.0. The Morgan fingerprint density at radius 2 is 1.84 bits per heavy atom. The van der Waals surface area contributed by atoms with Gasteiger partial charge in [-0.2, -0.15) is 0 Å². The van der Waals surface area contributed by atoms with E-state index < -0.39 is 15.8 Å². The van der Waals surface area contributed by atoms with E-state index in [-0.39, 0.29) is 42.5 Å². The van der Waals surface area contributed by atoms with Crippen LogP contribution in [0.15, 0.2) is 52.7 Å². The molecule has 1 heterocycles. The van der Waals surface area contributed by atoms with Gasteiger partial charge in [0.25, 0.3) is 5.91 Å². The summed E-state index contributed by atoms with van der Waals surface area (Å²) >= 11 is 1.32. The van der Waals surface area contributed by atoms with Gasteiger partial charge in [0.1, 0.15) is 0 Å². The Balaban J connectivity index is 1.62. The lowest BCUT2D eigenvalue weighted by molar-refractivity contribution is -0.143. The first-order chi connectivity index (χ1) is 12.0. The molecule has 0 fully saturated rings. The molecular weight excluding hydrogens is 362 g/mol. The fourth-order valence-electron chi connectivity index (χ4n) is 2.03. The number of carbonyl (C=O) groups excluding carboxylic acids is 2. The van der Waals surface area contributed by atoms with E-state index >= 15 is 0 Å². The Labute approximate surface area is 150 Å². The Kier molecular flexibility index (Phi) is 7.15. The zero-order chi connectivity index (χ0) is 18.1.